The van der Waals surface area contributed by atoms with Gasteiger partial charge in [0.1, 0.15) is 5.75 Å². The molecule has 0 aromatic heterocycles. The van der Waals surface area contributed by atoms with Crippen LogP contribution in [-0.2, 0) is 4.79 Å². The van der Waals surface area contributed by atoms with Crippen molar-refractivity contribution in [3.05, 3.63) is 30.3 Å². The van der Waals surface area contributed by atoms with Crippen LogP contribution in [0.15, 0.2) is 30.3 Å². The lowest BCUT2D eigenvalue weighted by atomic mass is 9.93. The van der Waals surface area contributed by atoms with Gasteiger partial charge >= 0.3 is 0 Å². The standard InChI is InChI=1S/C22H34N2O2/c1-19(18-23-13-6-3-7-14-23)22(25)24-15-10-20(11-16-24)12-17-26-21-8-4-2-5-9-21/h2,4-5,8-9,19-20H,3,6-7,10-18H2,1H3/t19-/m1/s1. The van der Waals surface area contributed by atoms with Crippen molar-refractivity contribution in [2.24, 2.45) is 11.8 Å². The second kappa shape index (κ2) is 9.96. The van der Waals surface area contributed by atoms with E-state index < -0.39 is 0 Å². The van der Waals surface area contributed by atoms with Crippen molar-refractivity contribution in [3.63, 3.8) is 0 Å². The summed E-state index contributed by atoms with van der Waals surface area (Å²) in [5.41, 5.74) is 0. The highest BCUT2D eigenvalue weighted by Crippen LogP contribution is 2.23. The third-order valence-electron chi connectivity index (χ3n) is 5.87. The fourth-order valence-corrected chi connectivity index (χ4v) is 4.22. The lowest BCUT2D eigenvalue weighted by molar-refractivity contribution is -0.137. The number of nitrogens with zero attached hydrogens (tertiary/aromatic N) is 2. The fraction of sp³-hybridized carbons (Fsp3) is 0.682. The molecule has 0 aliphatic carbocycles. The van der Waals surface area contributed by atoms with Crippen molar-refractivity contribution < 1.29 is 9.53 Å². The van der Waals surface area contributed by atoms with Gasteiger partial charge in [0.05, 0.1) is 6.61 Å². The van der Waals surface area contributed by atoms with E-state index >= 15 is 0 Å². The SMILES string of the molecule is C[C@H](CN1CCCCC1)C(=O)N1CCC(CCOc2ccccc2)CC1. The van der Waals surface area contributed by atoms with Crippen LogP contribution in [0.5, 0.6) is 5.75 Å². The average Bonchev–Trinajstić information content (AvgIpc) is 2.69. The Morgan fingerprint density at radius 2 is 1.77 bits per heavy atom. The number of carbonyl (C=O) groups is 1. The first-order valence-corrected chi connectivity index (χ1v) is 10.4. The average molecular weight is 359 g/mol. The van der Waals surface area contributed by atoms with E-state index in [9.17, 15) is 4.79 Å². The van der Waals surface area contributed by atoms with Crippen LogP contribution in [0.3, 0.4) is 0 Å². The molecule has 2 saturated heterocycles. The number of piperidine rings is 2. The Hall–Kier alpha value is -1.55. The van der Waals surface area contributed by atoms with Crippen molar-refractivity contribution in [2.45, 2.75) is 45.4 Å². The summed E-state index contributed by atoms with van der Waals surface area (Å²) in [5, 5.41) is 0. The highest BCUT2D eigenvalue weighted by Gasteiger charge is 2.27. The molecule has 4 heteroatoms. The Bertz CT molecular complexity index is 534. The molecule has 2 aliphatic heterocycles. The van der Waals surface area contributed by atoms with Crippen molar-refractivity contribution >= 4 is 5.91 Å². The van der Waals surface area contributed by atoms with Crippen molar-refractivity contribution in [2.75, 3.05) is 39.3 Å². The molecule has 0 spiro atoms. The fourth-order valence-electron chi connectivity index (χ4n) is 4.22. The van der Waals surface area contributed by atoms with Gasteiger partial charge in [-0.15, -0.1) is 0 Å². The zero-order chi connectivity index (χ0) is 18.2. The molecule has 1 atom stereocenters. The first-order chi connectivity index (χ1) is 12.7. The van der Waals surface area contributed by atoms with Crippen molar-refractivity contribution in [1.82, 2.24) is 9.80 Å². The van der Waals surface area contributed by atoms with Crippen LogP contribution in [0.1, 0.15) is 45.4 Å². The molecule has 1 amide bonds. The molecule has 3 rings (SSSR count). The van der Waals surface area contributed by atoms with E-state index in [1.165, 1.54) is 32.4 Å². The number of amides is 1. The lowest BCUT2D eigenvalue weighted by Crippen LogP contribution is -2.45. The van der Waals surface area contributed by atoms with Crippen LogP contribution in [0.2, 0.25) is 0 Å². The second-order valence-electron chi connectivity index (χ2n) is 7.98. The van der Waals surface area contributed by atoms with E-state index in [1.807, 2.05) is 30.3 Å². The quantitative estimate of drug-likeness (QED) is 0.743. The van der Waals surface area contributed by atoms with Crippen LogP contribution in [0.4, 0.5) is 0 Å². The Morgan fingerprint density at radius 1 is 1.08 bits per heavy atom. The predicted molar refractivity (Wildman–Crippen MR) is 105 cm³/mol. The summed E-state index contributed by atoms with van der Waals surface area (Å²) in [7, 11) is 0. The van der Waals surface area contributed by atoms with E-state index in [1.54, 1.807) is 0 Å². The summed E-state index contributed by atoms with van der Waals surface area (Å²) in [6.45, 7) is 7.98. The molecule has 1 aromatic carbocycles. The highest BCUT2D eigenvalue weighted by atomic mass is 16.5. The van der Waals surface area contributed by atoms with Gasteiger partial charge in [0, 0.05) is 25.6 Å². The molecule has 0 N–H and O–H groups in total. The summed E-state index contributed by atoms with van der Waals surface area (Å²) in [4.78, 5) is 17.3. The van der Waals surface area contributed by atoms with Crippen LogP contribution < -0.4 is 4.74 Å². The summed E-state index contributed by atoms with van der Waals surface area (Å²) in [6.07, 6.45) is 7.23. The Kier molecular flexibility index (Phi) is 7.36. The van der Waals surface area contributed by atoms with Gasteiger partial charge in [-0.3, -0.25) is 4.79 Å². The minimum Gasteiger partial charge on any atom is -0.494 e. The first-order valence-electron chi connectivity index (χ1n) is 10.4. The third kappa shape index (κ3) is 5.73. The zero-order valence-corrected chi connectivity index (χ0v) is 16.2. The van der Waals surface area contributed by atoms with Gasteiger partial charge in [-0.25, -0.2) is 0 Å². The van der Waals surface area contributed by atoms with Crippen LogP contribution in [0, 0.1) is 11.8 Å². The van der Waals surface area contributed by atoms with Gasteiger partial charge in [-0.05, 0) is 63.2 Å². The molecule has 4 nitrogen and oxygen atoms in total. The molecule has 144 valence electrons. The molecule has 2 aliphatic rings. The smallest absolute Gasteiger partial charge is 0.226 e. The summed E-state index contributed by atoms with van der Waals surface area (Å²) >= 11 is 0. The number of hydrogen-bond acceptors (Lipinski definition) is 3. The minimum absolute atomic E-state index is 0.131. The van der Waals surface area contributed by atoms with Gasteiger partial charge in [-0.1, -0.05) is 31.5 Å². The normalized spacial score (nSPS) is 20.7. The van der Waals surface area contributed by atoms with Crippen LogP contribution in [-0.4, -0.2) is 55.0 Å². The maximum Gasteiger partial charge on any atom is 0.226 e. The summed E-state index contributed by atoms with van der Waals surface area (Å²) in [5.74, 6) is 2.12. The molecule has 2 heterocycles. The number of carbonyl (C=O) groups excluding carboxylic acids is 1. The van der Waals surface area contributed by atoms with Gasteiger partial charge in [-0.2, -0.15) is 0 Å². The molecule has 0 saturated carbocycles. The second-order valence-corrected chi connectivity index (χ2v) is 7.98. The van der Waals surface area contributed by atoms with E-state index in [0.717, 1.165) is 51.3 Å². The van der Waals surface area contributed by atoms with Gasteiger partial charge < -0.3 is 14.5 Å². The molecule has 0 radical (unpaired) electrons. The maximum absolute atomic E-state index is 12.8. The third-order valence-corrected chi connectivity index (χ3v) is 5.87. The van der Waals surface area contributed by atoms with E-state index in [2.05, 4.69) is 16.7 Å². The maximum atomic E-state index is 12.8. The topological polar surface area (TPSA) is 32.8 Å². The zero-order valence-electron chi connectivity index (χ0n) is 16.2. The molecular weight excluding hydrogens is 324 g/mol. The van der Waals surface area contributed by atoms with Gasteiger partial charge in [0.15, 0.2) is 0 Å². The number of benzene rings is 1. The molecular formula is C22H34N2O2. The van der Waals surface area contributed by atoms with E-state index in [4.69, 9.17) is 4.74 Å². The highest BCUT2D eigenvalue weighted by molar-refractivity contribution is 5.78. The summed E-state index contributed by atoms with van der Waals surface area (Å²) < 4.78 is 5.82. The molecule has 2 fully saturated rings. The Labute approximate surface area is 158 Å². The van der Waals surface area contributed by atoms with Crippen LogP contribution >= 0.6 is 0 Å². The number of likely N-dealkylation sites (tertiary alicyclic amines) is 2. The molecule has 0 bridgehead atoms. The molecule has 0 unspecified atom stereocenters. The summed E-state index contributed by atoms with van der Waals surface area (Å²) in [6, 6.07) is 10.0. The van der Waals surface area contributed by atoms with Gasteiger partial charge in [0.25, 0.3) is 0 Å². The van der Waals surface area contributed by atoms with E-state index in [0.29, 0.717) is 11.8 Å². The minimum atomic E-state index is 0.131. The molecule has 1 aromatic rings. The number of para-hydroxylation sites is 1. The van der Waals surface area contributed by atoms with Crippen molar-refractivity contribution in [3.8, 4) is 5.75 Å². The lowest BCUT2D eigenvalue weighted by Gasteiger charge is -2.35. The van der Waals surface area contributed by atoms with Crippen LogP contribution in [0.25, 0.3) is 0 Å². The number of hydrogen-bond donors (Lipinski definition) is 0. The van der Waals surface area contributed by atoms with Gasteiger partial charge in [0.2, 0.25) is 5.91 Å². The van der Waals surface area contributed by atoms with Crippen molar-refractivity contribution in [1.29, 1.82) is 0 Å². The monoisotopic (exact) mass is 358 g/mol. The largest absolute Gasteiger partial charge is 0.494 e. The Balaban J connectivity index is 1.34. The predicted octanol–water partition coefficient (Wildman–Crippen LogP) is 3.82. The first kappa shape index (κ1) is 19.2. The number of ether oxygens (including phenoxy) is 1. The number of rotatable bonds is 7. The molecule has 26 heavy (non-hydrogen) atoms. The van der Waals surface area contributed by atoms with E-state index in [-0.39, 0.29) is 5.92 Å². The Morgan fingerprint density at radius 3 is 2.46 bits per heavy atom.